The molecule has 2 heteroatoms. The molecule has 10 rings (SSSR count). The molecular weight excluding hydrogens is 575 g/mol. The molecule has 0 N–H and O–H groups in total. The molecule has 0 spiro atoms. The van der Waals surface area contributed by atoms with E-state index in [4.69, 9.17) is 0 Å². The molecule has 2 heterocycles. The van der Waals surface area contributed by atoms with Crippen LogP contribution in [0.1, 0.15) is 23.1 Å². The molecule has 0 saturated carbocycles. The molecule has 7 aromatic carbocycles. The highest BCUT2D eigenvalue weighted by molar-refractivity contribution is 7.27. The zero-order valence-electron chi connectivity index (χ0n) is 25.2. The minimum atomic E-state index is 1.05. The third-order valence-electron chi connectivity index (χ3n) is 9.87. The maximum Gasteiger partial charge on any atom is 0.0626 e. The number of aromatic nitrogens is 1. The maximum atomic E-state index is 2.53. The molecule has 0 bridgehead atoms. The molecule has 0 saturated heterocycles. The monoisotopic (exact) mass is 603 g/mol. The van der Waals surface area contributed by atoms with Crippen LogP contribution in [0.4, 0.5) is 0 Å². The van der Waals surface area contributed by atoms with Gasteiger partial charge >= 0.3 is 0 Å². The van der Waals surface area contributed by atoms with Crippen LogP contribution in [0.15, 0.2) is 146 Å². The van der Waals surface area contributed by atoms with Gasteiger partial charge in [0, 0.05) is 47.4 Å². The number of rotatable bonds is 3. The highest BCUT2D eigenvalue weighted by Gasteiger charge is 2.23. The van der Waals surface area contributed by atoms with Gasteiger partial charge in [-0.1, -0.05) is 121 Å². The van der Waals surface area contributed by atoms with Gasteiger partial charge in [0.1, 0.15) is 0 Å². The number of hydrogen-bond donors (Lipinski definition) is 0. The Morgan fingerprint density at radius 3 is 2.11 bits per heavy atom. The second-order valence-corrected chi connectivity index (χ2v) is 13.5. The summed E-state index contributed by atoms with van der Waals surface area (Å²) in [4.78, 5) is 0. The summed E-state index contributed by atoms with van der Waals surface area (Å²) in [7, 11) is 0. The topological polar surface area (TPSA) is 4.93 Å². The van der Waals surface area contributed by atoms with Gasteiger partial charge in [-0.05, 0) is 76.6 Å². The van der Waals surface area contributed by atoms with Crippen LogP contribution in [0.2, 0.25) is 0 Å². The van der Waals surface area contributed by atoms with Crippen LogP contribution in [0.5, 0.6) is 0 Å². The Labute approximate surface area is 271 Å². The van der Waals surface area contributed by atoms with E-state index in [-0.39, 0.29) is 0 Å². The van der Waals surface area contributed by atoms with Crippen LogP contribution in [0.3, 0.4) is 0 Å². The molecule has 0 atom stereocenters. The summed E-state index contributed by atoms with van der Waals surface area (Å²) in [5.74, 6) is 0. The van der Waals surface area contributed by atoms with Gasteiger partial charge in [0.2, 0.25) is 0 Å². The zero-order valence-corrected chi connectivity index (χ0v) is 26.0. The van der Waals surface area contributed by atoms with Crippen molar-refractivity contribution in [1.82, 2.24) is 4.57 Å². The first-order valence-corrected chi connectivity index (χ1v) is 16.9. The molecule has 1 nitrogen and oxygen atoms in total. The van der Waals surface area contributed by atoms with Gasteiger partial charge in [-0.25, -0.2) is 0 Å². The predicted octanol–water partition coefficient (Wildman–Crippen LogP) is 12.5. The third-order valence-corrected chi connectivity index (χ3v) is 11.1. The highest BCUT2D eigenvalue weighted by Crippen LogP contribution is 2.49. The summed E-state index contributed by atoms with van der Waals surface area (Å²) in [6, 6.07) is 53.8. The number of benzene rings is 7. The average molecular weight is 604 g/mol. The zero-order chi connectivity index (χ0) is 30.2. The summed E-state index contributed by atoms with van der Waals surface area (Å²) in [5.41, 5.74) is 11.8. The minimum Gasteiger partial charge on any atom is -0.309 e. The van der Waals surface area contributed by atoms with Crippen LogP contribution in [-0.2, 0) is 6.42 Å². The van der Waals surface area contributed by atoms with Crippen LogP contribution >= 0.6 is 11.3 Å². The summed E-state index contributed by atoms with van der Waals surface area (Å²) < 4.78 is 5.22. The van der Waals surface area contributed by atoms with E-state index in [1.807, 2.05) is 11.3 Å². The van der Waals surface area contributed by atoms with Crippen molar-refractivity contribution in [2.45, 2.75) is 12.8 Å². The lowest BCUT2D eigenvalue weighted by Crippen LogP contribution is -1.99. The second-order valence-electron chi connectivity index (χ2n) is 12.4. The Balaban J connectivity index is 1.36. The van der Waals surface area contributed by atoms with E-state index < -0.39 is 0 Å². The summed E-state index contributed by atoms with van der Waals surface area (Å²) in [6.07, 6.45) is 4.54. The SMILES string of the molecule is C1=C(c2ccc3c4c5c6cc(-c7ccccc7)ccc6sc5c5ccccc5c4n(-c4ccccc4)c3c2)CCc2ccccc21. The van der Waals surface area contributed by atoms with Crippen molar-refractivity contribution >= 4 is 75.7 Å². The lowest BCUT2D eigenvalue weighted by Gasteiger charge is -2.17. The fourth-order valence-electron chi connectivity index (χ4n) is 7.73. The Morgan fingerprint density at radius 2 is 1.24 bits per heavy atom. The van der Waals surface area contributed by atoms with E-state index in [0.29, 0.717) is 0 Å². The van der Waals surface area contributed by atoms with E-state index >= 15 is 0 Å². The van der Waals surface area contributed by atoms with E-state index in [0.717, 1.165) is 12.8 Å². The van der Waals surface area contributed by atoms with E-state index in [9.17, 15) is 0 Å². The molecular formula is C44H29NS. The molecule has 1 aliphatic rings. The minimum absolute atomic E-state index is 1.05. The summed E-state index contributed by atoms with van der Waals surface area (Å²) >= 11 is 1.92. The fourth-order valence-corrected chi connectivity index (χ4v) is 8.96. The van der Waals surface area contributed by atoms with E-state index in [1.54, 1.807) is 0 Å². The molecule has 0 unspecified atom stereocenters. The van der Waals surface area contributed by atoms with Crippen LogP contribution in [0.25, 0.3) is 81.2 Å². The number of nitrogens with zero attached hydrogens (tertiary/aromatic N) is 1. The molecule has 1 aliphatic carbocycles. The Kier molecular flexibility index (Phi) is 5.64. The summed E-state index contributed by atoms with van der Waals surface area (Å²) in [5, 5.41) is 7.97. The van der Waals surface area contributed by atoms with Gasteiger partial charge in [-0.15, -0.1) is 11.3 Å². The summed E-state index contributed by atoms with van der Waals surface area (Å²) in [6.45, 7) is 0. The molecule has 0 amide bonds. The van der Waals surface area contributed by atoms with Crippen molar-refractivity contribution < 1.29 is 0 Å². The smallest absolute Gasteiger partial charge is 0.0626 e. The van der Waals surface area contributed by atoms with Crippen molar-refractivity contribution in [3.63, 3.8) is 0 Å². The molecule has 216 valence electrons. The molecule has 2 aromatic heterocycles. The molecule has 9 aromatic rings. The number of aryl methyl sites for hydroxylation is 1. The van der Waals surface area contributed by atoms with E-state index in [2.05, 4.69) is 156 Å². The Hall–Kier alpha value is -5.44. The van der Waals surface area contributed by atoms with Crippen molar-refractivity contribution in [2.75, 3.05) is 0 Å². The van der Waals surface area contributed by atoms with Crippen molar-refractivity contribution in [1.29, 1.82) is 0 Å². The first kappa shape index (κ1) is 25.8. The standard InChI is InChI=1S/C44H29NS/c1-3-11-28(12-4-1)32-22-24-40-38(26-32)42-41-37-23-21-33(31-20-19-29-13-7-8-14-30(29)25-31)27-39(37)45(34-15-5-2-6-16-34)43(41)35-17-9-10-18-36(35)44(42)46-40/h1-18,21-27H,19-20H2. The molecule has 0 aliphatic heterocycles. The maximum absolute atomic E-state index is 2.53. The van der Waals surface area contributed by atoms with Gasteiger partial charge in [0.05, 0.1) is 11.0 Å². The number of para-hydroxylation sites is 1. The fraction of sp³-hybridized carbons (Fsp3) is 0.0455. The van der Waals surface area contributed by atoms with E-state index in [1.165, 1.54) is 91.8 Å². The second kappa shape index (κ2) is 10.0. The lowest BCUT2D eigenvalue weighted by molar-refractivity contribution is 1.00. The van der Waals surface area contributed by atoms with Gasteiger partial charge in [0.15, 0.2) is 0 Å². The quantitative estimate of drug-likeness (QED) is 0.189. The van der Waals surface area contributed by atoms with Crippen molar-refractivity contribution in [2.24, 2.45) is 0 Å². The van der Waals surface area contributed by atoms with Gasteiger partial charge in [-0.2, -0.15) is 0 Å². The number of fused-ring (bicyclic) bond motifs is 11. The lowest BCUT2D eigenvalue weighted by atomic mass is 9.88. The number of allylic oxidation sites excluding steroid dienone is 1. The largest absolute Gasteiger partial charge is 0.309 e. The van der Waals surface area contributed by atoms with Crippen LogP contribution in [-0.4, -0.2) is 4.57 Å². The van der Waals surface area contributed by atoms with Crippen LogP contribution < -0.4 is 0 Å². The van der Waals surface area contributed by atoms with Gasteiger partial charge < -0.3 is 4.57 Å². The molecule has 0 radical (unpaired) electrons. The van der Waals surface area contributed by atoms with Crippen molar-refractivity contribution in [3.8, 4) is 16.8 Å². The van der Waals surface area contributed by atoms with Gasteiger partial charge in [-0.3, -0.25) is 0 Å². The van der Waals surface area contributed by atoms with Crippen molar-refractivity contribution in [3.05, 3.63) is 162 Å². The highest BCUT2D eigenvalue weighted by atomic mass is 32.1. The van der Waals surface area contributed by atoms with Crippen LogP contribution in [0, 0.1) is 0 Å². The number of thiophene rings is 1. The first-order valence-electron chi connectivity index (χ1n) is 16.1. The molecule has 46 heavy (non-hydrogen) atoms. The Bertz CT molecular complexity index is 2670. The third kappa shape index (κ3) is 3.81. The Morgan fingerprint density at radius 1 is 0.500 bits per heavy atom. The first-order chi connectivity index (χ1) is 22.8. The van der Waals surface area contributed by atoms with Gasteiger partial charge in [0.25, 0.3) is 0 Å². The molecule has 0 fully saturated rings. The predicted molar refractivity (Wildman–Crippen MR) is 199 cm³/mol. The number of hydrogen-bond acceptors (Lipinski definition) is 1. The normalized spacial score (nSPS) is 13.2. The average Bonchev–Trinajstić information content (AvgIpc) is 3.68.